The van der Waals surface area contributed by atoms with Crippen LogP contribution >= 0.6 is 0 Å². The largest absolute Gasteiger partial charge is 0.466 e. The van der Waals surface area contributed by atoms with Crippen LogP contribution in [-0.4, -0.2) is 33.8 Å². The van der Waals surface area contributed by atoms with E-state index in [1.165, 1.54) is 0 Å². The minimum atomic E-state index is -3.32. The summed E-state index contributed by atoms with van der Waals surface area (Å²) in [5.74, 6) is -0.903. The molecule has 1 aromatic carbocycles. The van der Waals surface area contributed by atoms with Gasteiger partial charge in [-0.1, -0.05) is 30.3 Å². The monoisotopic (exact) mass is 285 g/mol. The Labute approximate surface area is 114 Å². The van der Waals surface area contributed by atoms with Gasteiger partial charge in [0.15, 0.2) is 0 Å². The van der Waals surface area contributed by atoms with E-state index in [4.69, 9.17) is 4.74 Å². The highest BCUT2D eigenvalue weighted by molar-refractivity contribution is 7.88. The highest BCUT2D eigenvalue weighted by Gasteiger charge is 2.21. The standard InChI is InChI=1S/C13H19NO4S/c1-3-18-13(15)12(10-14-19(2,16)17)9-11-7-5-4-6-8-11/h4-8,12,14H,3,9-10H2,1-2H3/t12-/m1/s1. The normalized spacial score (nSPS) is 12.9. The van der Waals surface area contributed by atoms with Gasteiger partial charge in [-0.25, -0.2) is 13.1 Å². The Kier molecular flexibility index (Phi) is 5.98. The zero-order valence-corrected chi connectivity index (χ0v) is 11.9. The number of sulfonamides is 1. The minimum absolute atomic E-state index is 0.0482. The van der Waals surface area contributed by atoms with Crippen molar-refractivity contribution in [2.75, 3.05) is 19.4 Å². The van der Waals surface area contributed by atoms with Crippen LogP contribution in [0.4, 0.5) is 0 Å². The summed E-state index contributed by atoms with van der Waals surface area (Å²) in [6.07, 6.45) is 1.51. The summed E-state index contributed by atoms with van der Waals surface area (Å²) in [7, 11) is -3.32. The first-order chi connectivity index (χ1) is 8.92. The van der Waals surface area contributed by atoms with Gasteiger partial charge in [0.05, 0.1) is 18.8 Å². The summed E-state index contributed by atoms with van der Waals surface area (Å²) in [6, 6.07) is 9.43. The van der Waals surface area contributed by atoms with Crippen LogP contribution in [0.1, 0.15) is 12.5 Å². The van der Waals surface area contributed by atoms with Crippen LogP contribution in [0, 0.1) is 5.92 Å². The van der Waals surface area contributed by atoms with Crippen LogP contribution < -0.4 is 4.72 Å². The van der Waals surface area contributed by atoms with E-state index in [0.29, 0.717) is 6.42 Å². The molecule has 0 saturated carbocycles. The molecule has 5 nitrogen and oxygen atoms in total. The van der Waals surface area contributed by atoms with Gasteiger partial charge in [0, 0.05) is 6.54 Å². The molecule has 0 unspecified atom stereocenters. The van der Waals surface area contributed by atoms with E-state index >= 15 is 0 Å². The van der Waals surface area contributed by atoms with Crippen LogP contribution in [-0.2, 0) is 26.0 Å². The van der Waals surface area contributed by atoms with Crippen LogP contribution in [0.15, 0.2) is 30.3 Å². The Morgan fingerprint density at radius 3 is 2.47 bits per heavy atom. The van der Waals surface area contributed by atoms with Crippen molar-refractivity contribution in [3.8, 4) is 0 Å². The highest BCUT2D eigenvalue weighted by atomic mass is 32.2. The predicted octanol–water partition coefficient (Wildman–Crippen LogP) is 0.958. The van der Waals surface area contributed by atoms with E-state index < -0.39 is 15.9 Å². The third-order valence-corrected chi connectivity index (χ3v) is 3.23. The lowest BCUT2D eigenvalue weighted by molar-refractivity contribution is -0.147. The van der Waals surface area contributed by atoms with Crippen LogP contribution in [0.5, 0.6) is 0 Å². The van der Waals surface area contributed by atoms with Gasteiger partial charge in [-0.15, -0.1) is 0 Å². The minimum Gasteiger partial charge on any atom is -0.466 e. The Morgan fingerprint density at radius 1 is 1.32 bits per heavy atom. The number of ether oxygens (including phenoxy) is 1. The fourth-order valence-electron chi connectivity index (χ4n) is 1.65. The maximum Gasteiger partial charge on any atom is 0.310 e. The molecule has 1 rings (SSSR count). The number of carbonyl (C=O) groups excluding carboxylic acids is 1. The number of hydrogen-bond acceptors (Lipinski definition) is 4. The number of carbonyl (C=O) groups is 1. The maximum absolute atomic E-state index is 11.8. The van der Waals surface area contributed by atoms with Crippen LogP contribution in [0.25, 0.3) is 0 Å². The average molecular weight is 285 g/mol. The van der Waals surface area contributed by atoms with Gasteiger partial charge in [0.2, 0.25) is 10.0 Å². The lowest BCUT2D eigenvalue weighted by Gasteiger charge is -2.15. The van der Waals surface area contributed by atoms with Crippen molar-refractivity contribution in [3.63, 3.8) is 0 Å². The lowest BCUT2D eigenvalue weighted by atomic mass is 10.00. The maximum atomic E-state index is 11.8. The van der Waals surface area contributed by atoms with Crippen molar-refractivity contribution in [2.24, 2.45) is 5.92 Å². The quantitative estimate of drug-likeness (QED) is 0.757. The summed E-state index contributed by atoms with van der Waals surface area (Å²) in [6.45, 7) is 2.05. The number of rotatable bonds is 7. The third kappa shape index (κ3) is 6.35. The van der Waals surface area contributed by atoms with E-state index in [1.807, 2.05) is 30.3 Å². The van der Waals surface area contributed by atoms with Crippen molar-refractivity contribution in [2.45, 2.75) is 13.3 Å². The molecule has 0 aliphatic carbocycles. The second kappa shape index (κ2) is 7.25. The van der Waals surface area contributed by atoms with E-state index in [-0.39, 0.29) is 19.1 Å². The van der Waals surface area contributed by atoms with Crippen molar-refractivity contribution in [1.82, 2.24) is 4.72 Å². The van der Waals surface area contributed by atoms with Gasteiger partial charge in [-0.05, 0) is 18.9 Å². The smallest absolute Gasteiger partial charge is 0.310 e. The fraction of sp³-hybridized carbons (Fsp3) is 0.462. The van der Waals surface area contributed by atoms with E-state index in [9.17, 15) is 13.2 Å². The molecule has 0 aromatic heterocycles. The van der Waals surface area contributed by atoms with Crippen LogP contribution in [0.2, 0.25) is 0 Å². The van der Waals surface area contributed by atoms with E-state index in [2.05, 4.69) is 4.72 Å². The van der Waals surface area contributed by atoms with Crippen molar-refractivity contribution in [3.05, 3.63) is 35.9 Å². The molecule has 6 heteroatoms. The molecule has 0 radical (unpaired) electrons. The molecule has 1 N–H and O–H groups in total. The zero-order valence-electron chi connectivity index (χ0n) is 11.1. The van der Waals surface area contributed by atoms with Gasteiger partial charge in [0.1, 0.15) is 0 Å². The number of esters is 1. The first-order valence-corrected chi connectivity index (χ1v) is 7.96. The summed E-state index contributed by atoms with van der Waals surface area (Å²) in [5, 5.41) is 0. The lowest BCUT2D eigenvalue weighted by Crippen LogP contribution is -2.34. The SMILES string of the molecule is CCOC(=O)[C@@H](CNS(C)(=O)=O)Cc1ccccc1. The molecular formula is C13H19NO4S. The second-order valence-electron chi connectivity index (χ2n) is 4.26. The predicted molar refractivity (Wildman–Crippen MR) is 73.1 cm³/mol. The van der Waals surface area contributed by atoms with Gasteiger partial charge in [-0.2, -0.15) is 0 Å². The highest BCUT2D eigenvalue weighted by Crippen LogP contribution is 2.10. The first kappa shape index (κ1) is 15.7. The number of benzene rings is 1. The summed E-state index contributed by atoms with van der Waals surface area (Å²) < 4.78 is 29.5. The van der Waals surface area contributed by atoms with Gasteiger partial charge in [-0.3, -0.25) is 4.79 Å². The molecule has 1 aromatic rings. The van der Waals surface area contributed by atoms with Gasteiger partial charge in [0.25, 0.3) is 0 Å². The van der Waals surface area contributed by atoms with E-state index in [1.54, 1.807) is 6.92 Å². The van der Waals surface area contributed by atoms with Gasteiger partial charge < -0.3 is 4.74 Å². The van der Waals surface area contributed by atoms with Crippen molar-refractivity contribution in [1.29, 1.82) is 0 Å². The summed E-state index contributed by atoms with van der Waals surface area (Å²) in [4.78, 5) is 11.8. The zero-order chi connectivity index (χ0) is 14.3. The molecule has 106 valence electrons. The second-order valence-corrected chi connectivity index (χ2v) is 6.09. The molecule has 0 aliphatic heterocycles. The molecule has 0 saturated heterocycles. The molecule has 0 heterocycles. The summed E-state index contributed by atoms with van der Waals surface area (Å²) in [5.41, 5.74) is 0.968. The van der Waals surface area contributed by atoms with Gasteiger partial charge >= 0.3 is 5.97 Å². The molecule has 1 atom stereocenters. The van der Waals surface area contributed by atoms with E-state index in [0.717, 1.165) is 11.8 Å². The molecule has 0 aliphatic rings. The molecule has 0 amide bonds. The molecule has 0 fully saturated rings. The molecule has 0 bridgehead atoms. The summed E-state index contributed by atoms with van der Waals surface area (Å²) >= 11 is 0. The topological polar surface area (TPSA) is 72.5 Å². The Balaban J connectivity index is 2.72. The Hall–Kier alpha value is -1.40. The van der Waals surface area contributed by atoms with Crippen molar-refractivity contribution < 1.29 is 17.9 Å². The number of nitrogens with one attached hydrogen (secondary N) is 1. The Morgan fingerprint density at radius 2 is 1.95 bits per heavy atom. The molecule has 0 spiro atoms. The first-order valence-electron chi connectivity index (χ1n) is 6.07. The molecule has 19 heavy (non-hydrogen) atoms. The average Bonchev–Trinajstić information content (AvgIpc) is 2.35. The third-order valence-electron chi connectivity index (χ3n) is 2.54. The van der Waals surface area contributed by atoms with Crippen LogP contribution in [0.3, 0.4) is 0 Å². The fourth-order valence-corrected chi connectivity index (χ4v) is 2.15. The van der Waals surface area contributed by atoms with Crippen molar-refractivity contribution >= 4 is 16.0 Å². The number of hydrogen-bond donors (Lipinski definition) is 1. The Bertz CT molecular complexity index is 499. The molecular weight excluding hydrogens is 266 g/mol.